The maximum atomic E-state index is 13.4. The van der Waals surface area contributed by atoms with E-state index < -0.39 is 11.6 Å². The van der Waals surface area contributed by atoms with Crippen LogP contribution in [-0.4, -0.2) is 11.5 Å². The molecule has 0 aliphatic rings. The Morgan fingerprint density at radius 2 is 1.86 bits per heavy atom. The topological polar surface area (TPSA) is 24.9 Å². The molecule has 1 aromatic carbocycles. The first-order valence-electron chi connectivity index (χ1n) is 7.15. The summed E-state index contributed by atoms with van der Waals surface area (Å²) in [6.45, 7) is 7.94. The molecule has 5 heteroatoms. The number of nitrogens with one attached hydrogen (secondary N) is 1. The van der Waals surface area contributed by atoms with Crippen molar-refractivity contribution in [2.45, 2.75) is 33.7 Å². The molecular weight excluding hydrogens is 290 g/mol. The van der Waals surface area contributed by atoms with Crippen molar-refractivity contribution in [2.75, 3.05) is 6.54 Å². The van der Waals surface area contributed by atoms with E-state index in [1.54, 1.807) is 0 Å². The van der Waals surface area contributed by atoms with Gasteiger partial charge in [0, 0.05) is 23.1 Å². The second-order valence-electron chi connectivity index (χ2n) is 5.43. The zero-order valence-electron chi connectivity index (χ0n) is 12.5. The van der Waals surface area contributed by atoms with Crippen molar-refractivity contribution in [3.63, 3.8) is 0 Å². The first-order chi connectivity index (χ1) is 9.99. The van der Waals surface area contributed by atoms with Gasteiger partial charge in [0.2, 0.25) is 0 Å². The van der Waals surface area contributed by atoms with Gasteiger partial charge in [-0.1, -0.05) is 20.8 Å². The van der Waals surface area contributed by atoms with Crippen LogP contribution in [-0.2, 0) is 13.0 Å². The monoisotopic (exact) mass is 310 g/mol. The van der Waals surface area contributed by atoms with E-state index in [0.29, 0.717) is 16.5 Å². The molecule has 2 rings (SSSR count). The molecule has 0 radical (unpaired) electrons. The Hall–Kier alpha value is -1.33. The van der Waals surface area contributed by atoms with E-state index in [2.05, 4.69) is 24.1 Å². The molecule has 1 N–H and O–H groups in total. The summed E-state index contributed by atoms with van der Waals surface area (Å²) in [7, 11) is 0. The molecule has 0 saturated heterocycles. The average Bonchev–Trinajstić information content (AvgIpc) is 2.77. The maximum Gasteiger partial charge on any atom is 0.126 e. The lowest BCUT2D eigenvalue weighted by atomic mass is 10.1. The van der Waals surface area contributed by atoms with Crippen LogP contribution in [0.2, 0.25) is 0 Å². The fraction of sp³-hybridized carbons (Fsp3) is 0.438. The molecule has 0 spiro atoms. The van der Waals surface area contributed by atoms with Gasteiger partial charge in [0.25, 0.3) is 0 Å². The molecule has 0 bridgehead atoms. The number of halogens is 2. The van der Waals surface area contributed by atoms with Gasteiger partial charge in [-0.3, -0.25) is 0 Å². The zero-order chi connectivity index (χ0) is 15.4. The largest absolute Gasteiger partial charge is 0.312 e. The number of aromatic nitrogens is 1. The fourth-order valence-corrected chi connectivity index (χ4v) is 3.15. The summed E-state index contributed by atoms with van der Waals surface area (Å²) in [6.07, 6.45) is 0.870. The van der Waals surface area contributed by atoms with Gasteiger partial charge in [-0.15, -0.1) is 11.3 Å². The molecule has 1 aromatic heterocycles. The van der Waals surface area contributed by atoms with Crippen molar-refractivity contribution in [1.82, 2.24) is 10.3 Å². The highest BCUT2D eigenvalue weighted by atomic mass is 32.1. The maximum absolute atomic E-state index is 13.4. The van der Waals surface area contributed by atoms with Gasteiger partial charge in [0.1, 0.15) is 16.6 Å². The zero-order valence-corrected chi connectivity index (χ0v) is 13.4. The number of benzene rings is 1. The van der Waals surface area contributed by atoms with Crippen molar-refractivity contribution in [1.29, 1.82) is 0 Å². The first kappa shape index (κ1) is 16.0. The van der Waals surface area contributed by atoms with Crippen molar-refractivity contribution in [3.8, 4) is 10.6 Å². The van der Waals surface area contributed by atoms with Crippen LogP contribution in [0.1, 0.15) is 31.3 Å². The normalized spacial score (nSPS) is 11.3. The molecular formula is C16H20F2N2S. The van der Waals surface area contributed by atoms with E-state index in [9.17, 15) is 8.78 Å². The van der Waals surface area contributed by atoms with Crippen LogP contribution in [0.3, 0.4) is 0 Å². The lowest BCUT2D eigenvalue weighted by Gasteiger charge is -2.04. The van der Waals surface area contributed by atoms with Gasteiger partial charge in [-0.05, 0) is 31.0 Å². The van der Waals surface area contributed by atoms with Crippen LogP contribution in [0.25, 0.3) is 10.6 Å². The number of rotatable bonds is 6. The Balaban J connectivity index is 2.37. The Bertz CT molecular complexity index is 588. The van der Waals surface area contributed by atoms with E-state index in [-0.39, 0.29) is 0 Å². The average molecular weight is 310 g/mol. The summed E-state index contributed by atoms with van der Waals surface area (Å²) in [5.41, 5.74) is 1.53. The molecule has 0 atom stereocenters. The highest BCUT2D eigenvalue weighted by Crippen LogP contribution is 2.30. The predicted octanol–water partition coefficient (Wildman–Crippen LogP) is 4.40. The standard InChI is InChI=1S/C16H20F2N2S/c1-4-19-9-15-14(5-10(2)3)20-16(21-15)11-6-12(17)8-13(18)7-11/h6-8,10,19H,4-5,9H2,1-3H3. The molecule has 2 nitrogen and oxygen atoms in total. The Labute approximate surface area is 128 Å². The summed E-state index contributed by atoms with van der Waals surface area (Å²) >= 11 is 1.50. The third kappa shape index (κ3) is 4.32. The number of thiazole rings is 1. The molecule has 0 saturated carbocycles. The van der Waals surface area contributed by atoms with Crippen LogP contribution < -0.4 is 5.32 Å². The van der Waals surface area contributed by atoms with Gasteiger partial charge in [0.15, 0.2) is 0 Å². The van der Waals surface area contributed by atoms with E-state index in [0.717, 1.165) is 36.1 Å². The van der Waals surface area contributed by atoms with Crippen LogP contribution in [0.4, 0.5) is 8.78 Å². The number of nitrogens with zero attached hydrogens (tertiary/aromatic N) is 1. The summed E-state index contributed by atoms with van der Waals surface area (Å²) in [5, 5.41) is 3.97. The molecule has 1 heterocycles. The molecule has 0 aliphatic heterocycles. The van der Waals surface area contributed by atoms with Gasteiger partial charge < -0.3 is 5.32 Å². The van der Waals surface area contributed by atoms with Crippen LogP contribution in [0.15, 0.2) is 18.2 Å². The minimum absolute atomic E-state index is 0.490. The second-order valence-corrected chi connectivity index (χ2v) is 6.51. The SMILES string of the molecule is CCNCc1sc(-c2cc(F)cc(F)c2)nc1CC(C)C. The van der Waals surface area contributed by atoms with Gasteiger partial charge in [0.05, 0.1) is 5.69 Å². The first-order valence-corrected chi connectivity index (χ1v) is 7.97. The van der Waals surface area contributed by atoms with E-state index in [1.165, 1.54) is 23.5 Å². The smallest absolute Gasteiger partial charge is 0.126 e. The van der Waals surface area contributed by atoms with Gasteiger partial charge >= 0.3 is 0 Å². The fourth-order valence-electron chi connectivity index (χ4n) is 2.11. The minimum atomic E-state index is -0.571. The third-order valence-electron chi connectivity index (χ3n) is 3.02. The quantitative estimate of drug-likeness (QED) is 0.855. The summed E-state index contributed by atoms with van der Waals surface area (Å²) in [6, 6.07) is 3.54. The molecule has 2 aromatic rings. The summed E-state index contributed by atoms with van der Waals surface area (Å²) in [5.74, 6) is -0.651. The van der Waals surface area contributed by atoms with E-state index in [1.807, 2.05) is 6.92 Å². The van der Waals surface area contributed by atoms with Crippen molar-refractivity contribution in [3.05, 3.63) is 40.4 Å². The molecule has 0 amide bonds. The second kappa shape index (κ2) is 7.09. The predicted molar refractivity (Wildman–Crippen MR) is 83.4 cm³/mol. The molecule has 0 aliphatic carbocycles. The number of hydrogen-bond acceptors (Lipinski definition) is 3. The van der Waals surface area contributed by atoms with Crippen molar-refractivity contribution in [2.24, 2.45) is 5.92 Å². The molecule has 0 fully saturated rings. The summed E-state index contributed by atoms with van der Waals surface area (Å²) < 4.78 is 26.7. The number of hydrogen-bond donors (Lipinski definition) is 1. The van der Waals surface area contributed by atoms with E-state index in [4.69, 9.17) is 0 Å². The summed E-state index contributed by atoms with van der Waals surface area (Å²) in [4.78, 5) is 5.74. The van der Waals surface area contributed by atoms with Crippen LogP contribution >= 0.6 is 11.3 Å². The van der Waals surface area contributed by atoms with Gasteiger partial charge in [-0.2, -0.15) is 0 Å². The van der Waals surface area contributed by atoms with Crippen LogP contribution in [0.5, 0.6) is 0 Å². The van der Waals surface area contributed by atoms with Crippen LogP contribution in [0, 0.1) is 17.6 Å². The Kier molecular flexibility index (Phi) is 5.42. The molecule has 114 valence electrons. The Morgan fingerprint density at radius 3 is 2.43 bits per heavy atom. The highest BCUT2D eigenvalue weighted by Gasteiger charge is 2.14. The Morgan fingerprint density at radius 1 is 1.19 bits per heavy atom. The third-order valence-corrected chi connectivity index (χ3v) is 4.17. The lowest BCUT2D eigenvalue weighted by molar-refractivity contribution is 0.584. The van der Waals surface area contributed by atoms with Crippen molar-refractivity contribution >= 4 is 11.3 Å². The molecule has 0 unspecified atom stereocenters. The highest BCUT2D eigenvalue weighted by molar-refractivity contribution is 7.15. The molecule has 21 heavy (non-hydrogen) atoms. The lowest BCUT2D eigenvalue weighted by Crippen LogP contribution is -2.12. The van der Waals surface area contributed by atoms with E-state index >= 15 is 0 Å². The minimum Gasteiger partial charge on any atom is -0.312 e. The van der Waals surface area contributed by atoms with Crippen molar-refractivity contribution < 1.29 is 8.78 Å². The van der Waals surface area contributed by atoms with Gasteiger partial charge in [-0.25, -0.2) is 13.8 Å².